The number of esters is 2. The average Bonchev–Trinajstić information content (AvgIpc) is 3.10. The van der Waals surface area contributed by atoms with E-state index in [2.05, 4.69) is 0 Å². The smallest absolute Gasteiger partial charge is 0.308 e. The van der Waals surface area contributed by atoms with E-state index in [1.54, 1.807) is 26.4 Å². The van der Waals surface area contributed by atoms with Crippen molar-refractivity contribution < 1.29 is 28.5 Å². The normalized spacial score (nSPS) is 12.4. The van der Waals surface area contributed by atoms with Crippen molar-refractivity contribution in [2.75, 3.05) is 14.2 Å². The monoisotopic (exact) mass is 528 g/mol. The lowest BCUT2D eigenvalue weighted by molar-refractivity contribution is -0.132. The Morgan fingerprint density at radius 2 is 1.08 bits per heavy atom. The molecule has 1 heterocycles. The molecule has 0 N–H and O–H groups in total. The molecule has 0 saturated heterocycles. The van der Waals surface area contributed by atoms with Crippen molar-refractivity contribution in [3.05, 3.63) is 71.8 Å². The SMILES string of the molecule is COc1cc(CCC2=Nc3ccccc3N=C(CCc3ccc(OC(C)=O)c(OC)c3)C2)ccc1OC(C)=O. The number of benzene rings is 3. The van der Waals surface area contributed by atoms with Gasteiger partial charge in [0.05, 0.1) is 25.6 Å². The van der Waals surface area contributed by atoms with E-state index in [4.69, 9.17) is 28.9 Å². The van der Waals surface area contributed by atoms with Gasteiger partial charge < -0.3 is 18.9 Å². The summed E-state index contributed by atoms with van der Waals surface area (Å²) in [6.07, 6.45) is 3.66. The number of carbonyl (C=O) groups is 2. The van der Waals surface area contributed by atoms with Gasteiger partial charge in [-0.05, 0) is 73.2 Å². The molecule has 202 valence electrons. The van der Waals surface area contributed by atoms with E-state index in [1.165, 1.54) is 13.8 Å². The first-order valence-electron chi connectivity index (χ1n) is 12.8. The molecule has 0 bridgehead atoms. The molecule has 1 aliphatic heterocycles. The average molecular weight is 529 g/mol. The highest BCUT2D eigenvalue weighted by Gasteiger charge is 2.16. The Morgan fingerprint density at radius 3 is 1.46 bits per heavy atom. The number of methoxy groups -OCH3 is 2. The second-order valence-corrected chi connectivity index (χ2v) is 9.18. The Kier molecular flexibility index (Phi) is 9.10. The molecule has 1 aliphatic rings. The van der Waals surface area contributed by atoms with Crippen LogP contribution in [-0.4, -0.2) is 37.6 Å². The van der Waals surface area contributed by atoms with Crippen molar-refractivity contribution in [2.45, 2.75) is 46.0 Å². The molecule has 8 nitrogen and oxygen atoms in total. The number of hydrogen-bond donors (Lipinski definition) is 0. The Morgan fingerprint density at radius 1 is 0.641 bits per heavy atom. The third kappa shape index (κ3) is 7.54. The first kappa shape index (κ1) is 27.6. The van der Waals surface area contributed by atoms with E-state index in [1.807, 2.05) is 48.5 Å². The molecule has 4 rings (SSSR count). The standard InChI is InChI=1S/C31H32N2O6/c1-20(34)38-28-15-11-22(17-30(28)36-3)9-13-24-19-25(33-27-8-6-5-7-26(27)32-24)14-10-23-12-16-29(39-21(2)35)31(18-23)37-4/h5-8,11-12,15-18H,9-10,13-14,19H2,1-4H3. The number of aliphatic imine (C=N–C) groups is 2. The zero-order valence-corrected chi connectivity index (χ0v) is 22.7. The molecule has 0 radical (unpaired) electrons. The van der Waals surface area contributed by atoms with Crippen LogP contribution in [0.2, 0.25) is 0 Å². The minimum absolute atomic E-state index is 0.391. The number of hydrogen-bond acceptors (Lipinski definition) is 8. The van der Waals surface area contributed by atoms with Crippen LogP contribution in [0.15, 0.2) is 70.6 Å². The molecular formula is C31H32N2O6. The predicted molar refractivity (Wildman–Crippen MR) is 150 cm³/mol. The van der Waals surface area contributed by atoms with E-state index >= 15 is 0 Å². The molecule has 39 heavy (non-hydrogen) atoms. The van der Waals surface area contributed by atoms with Crippen molar-refractivity contribution in [2.24, 2.45) is 9.98 Å². The van der Waals surface area contributed by atoms with Crippen LogP contribution >= 0.6 is 0 Å². The molecule has 3 aromatic carbocycles. The lowest BCUT2D eigenvalue weighted by Crippen LogP contribution is -2.10. The number of nitrogens with zero attached hydrogens (tertiary/aromatic N) is 2. The van der Waals surface area contributed by atoms with Gasteiger partial charge in [0.2, 0.25) is 0 Å². The first-order chi connectivity index (χ1) is 18.8. The van der Waals surface area contributed by atoms with Gasteiger partial charge in [0.15, 0.2) is 23.0 Å². The highest BCUT2D eigenvalue weighted by atomic mass is 16.6. The molecule has 0 saturated carbocycles. The fourth-order valence-corrected chi connectivity index (χ4v) is 4.39. The van der Waals surface area contributed by atoms with Crippen LogP contribution in [0, 0.1) is 0 Å². The summed E-state index contributed by atoms with van der Waals surface area (Å²) in [5.41, 5.74) is 5.92. The number of aryl methyl sites for hydroxylation is 2. The quantitative estimate of drug-likeness (QED) is 0.224. The van der Waals surface area contributed by atoms with Crippen LogP contribution in [0.3, 0.4) is 0 Å². The Hall–Kier alpha value is -4.46. The van der Waals surface area contributed by atoms with Gasteiger partial charge in [-0.25, -0.2) is 0 Å². The maximum atomic E-state index is 11.4. The summed E-state index contributed by atoms with van der Waals surface area (Å²) in [6, 6.07) is 19.1. The number of carbonyl (C=O) groups excluding carboxylic acids is 2. The molecule has 0 amide bonds. The zero-order chi connectivity index (χ0) is 27.8. The summed E-state index contributed by atoms with van der Waals surface area (Å²) >= 11 is 0. The maximum Gasteiger partial charge on any atom is 0.308 e. The summed E-state index contributed by atoms with van der Waals surface area (Å²) in [6.45, 7) is 2.73. The lowest BCUT2D eigenvalue weighted by atomic mass is 9.99. The second-order valence-electron chi connectivity index (χ2n) is 9.18. The van der Waals surface area contributed by atoms with Gasteiger partial charge in [-0.2, -0.15) is 0 Å². The van der Waals surface area contributed by atoms with E-state index in [-0.39, 0.29) is 0 Å². The molecular weight excluding hydrogens is 496 g/mol. The van der Waals surface area contributed by atoms with Crippen LogP contribution in [0.5, 0.6) is 23.0 Å². The van der Waals surface area contributed by atoms with Crippen LogP contribution in [0.1, 0.15) is 44.2 Å². The summed E-state index contributed by atoms with van der Waals surface area (Å²) in [5.74, 6) is 1.07. The van der Waals surface area contributed by atoms with E-state index in [9.17, 15) is 9.59 Å². The van der Waals surface area contributed by atoms with Gasteiger partial charge in [0, 0.05) is 31.7 Å². The molecule has 0 aliphatic carbocycles. The van der Waals surface area contributed by atoms with E-state index in [0.717, 1.165) is 59.6 Å². The lowest BCUT2D eigenvalue weighted by Gasteiger charge is -2.12. The van der Waals surface area contributed by atoms with Crippen molar-refractivity contribution in [3.63, 3.8) is 0 Å². The van der Waals surface area contributed by atoms with E-state index < -0.39 is 11.9 Å². The summed E-state index contributed by atoms with van der Waals surface area (Å²) in [4.78, 5) is 32.6. The van der Waals surface area contributed by atoms with Gasteiger partial charge in [-0.1, -0.05) is 24.3 Å². The van der Waals surface area contributed by atoms with E-state index in [0.29, 0.717) is 29.4 Å². The number of fused-ring (bicyclic) bond motifs is 1. The summed E-state index contributed by atoms with van der Waals surface area (Å²) < 4.78 is 21.3. The van der Waals surface area contributed by atoms with Gasteiger partial charge in [0.1, 0.15) is 0 Å². The summed E-state index contributed by atoms with van der Waals surface area (Å²) in [7, 11) is 3.11. The third-order valence-electron chi connectivity index (χ3n) is 6.21. The van der Waals surface area contributed by atoms with Crippen LogP contribution in [0.4, 0.5) is 11.4 Å². The molecule has 0 atom stereocenters. The Labute approximate surface area is 228 Å². The van der Waals surface area contributed by atoms with Crippen molar-refractivity contribution in [3.8, 4) is 23.0 Å². The van der Waals surface area contributed by atoms with Gasteiger partial charge in [0.25, 0.3) is 0 Å². The molecule has 0 unspecified atom stereocenters. The van der Waals surface area contributed by atoms with Crippen LogP contribution < -0.4 is 18.9 Å². The molecule has 0 spiro atoms. The maximum absolute atomic E-state index is 11.4. The second kappa shape index (κ2) is 12.9. The topological polar surface area (TPSA) is 95.8 Å². The highest BCUT2D eigenvalue weighted by molar-refractivity contribution is 6.08. The van der Waals surface area contributed by atoms with Gasteiger partial charge >= 0.3 is 11.9 Å². The Balaban J connectivity index is 1.49. The van der Waals surface area contributed by atoms with Crippen molar-refractivity contribution in [1.29, 1.82) is 0 Å². The Bertz CT molecular complexity index is 1320. The minimum Gasteiger partial charge on any atom is -0.493 e. The number of rotatable bonds is 10. The van der Waals surface area contributed by atoms with Gasteiger partial charge in [-0.15, -0.1) is 0 Å². The molecule has 8 heteroatoms. The van der Waals surface area contributed by atoms with Crippen molar-refractivity contribution in [1.82, 2.24) is 0 Å². The fourth-order valence-electron chi connectivity index (χ4n) is 4.39. The molecule has 0 fully saturated rings. The van der Waals surface area contributed by atoms with Gasteiger partial charge in [-0.3, -0.25) is 19.6 Å². The largest absolute Gasteiger partial charge is 0.493 e. The number of para-hydroxylation sites is 2. The highest BCUT2D eigenvalue weighted by Crippen LogP contribution is 2.33. The predicted octanol–water partition coefficient (Wildman–Crippen LogP) is 6.37. The molecule has 3 aromatic rings. The first-order valence-corrected chi connectivity index (χ1v) is 12.8. The number of ether oxygens (including phenoxy) is 4. The zero-order valence-electron chi connectivity index (χ0n) is 22.7. The molecule has 0 aromatic heterocycles. The fraction of sp³-hybridized carbons (Fsp3) is 0.290. The van der Waals surface area contributed by atoms with Crippen LogP contribution in [0.25, 0.3) is 0 Å². The minimum atomic E-state index is -0.391. The van der Waals surface area contributed by atoms with Crippen molar-refractivity contribution >= 4 is 34.7 Å². The third-order valence-corrected chi connectivity index (χ3v) is 6.21. The van der Waals surface area contributed by atoms with Crippen LogP contribution in [-0.2, 0) is 22.4 Å². The summed E-state index contributed by atoms with van der Waals surface area (Å²) in [5, 5.41) is 0.